The lowest BCUT2D eigenvalue weighted by molar-refractivity contribution is 0.514. The van der Waals surface area contributed by atoms with Gasteiger partial charge in [-0.05, 0) is 23.6 Å². The Morgan fingerprint density at radius 3 is 2.27 bits per heavy atom. The molecule has 1 aromatic rings. The smallest absolute Gasteiger partial charge is 0.0319 e. The lowest BCUT2D eigenvalue weighted by atomic mass is 9.98. The van der Waals surface area contributed by atoms with Crippen LogP contribution in [0, 0.1) is 5.92 Å². The quantitative estimate of drug-likeness (QED) is 0.697. The van der Waals surface area contributed by atoms with E-state index in [0.717, 1.165) is 5.56 Å². The molecule has 11 heavy (non-hydrogen) atoms. The summed E-state index contributed by atoms with van der Waals surface area (Å²) in [4.78, 5) is 3.93. The van der Waals surface area contributed by atoms with E-state index in [0.29, 0.717) is 5.92 Å². The van der Waals surface area contributed by atoms with Crippen molar-refractivity contribution >= 4 is 0 Å². The number of nitrogens with zero attached hydrogens (tertiary/aromatic N) is 1. The maximum atomic E-state index is 5.91. The van der Waals surface area contributed by atoms with Gasteiger partial charge in [0.15, 0.2) is 0 Å². The molecule has 2 heteroatoms. The van der Waals surface area contributed by atoms with Gasteiger partial charge >= 0.3 is 0 Å². The van der Waals surface area contributed by atoms with Gasteiger partial charge in [0, 0.05) is 18.4 Å². The predicted octanol–water partition coefficient (Wildman–Crippen LogP) is 1.74. The summed E-state index contributed by atoms with van der Waals surface area (Å²) >= 11 is 0. The van der Waals surface area contributed by atoms with Gasteiger partial charge in [0.1, 0.15) is 0 Å². The second-order valence-corrected chi connectivity index (χ2v) is 3.05. The Bertz CT molecular complexity index is 206. The highest BCUT2D eigenvalue weighted by molar-refractivity contribution is 5.14. The van der Waals surface area contributed by atoms with E-state index in [1.54, 1.807) is 12.4 Å². The maximum Gasteiger partial charge on any atom is 0.0319 e. The van der Waals surface area contributed by atoms with Crippen molar-refractivity contribution in [2.45, 2.75) is 19.9 Å². The van der Waals surface area contributed by atoms with E-state index in [9.17, 15) is 0 Å². The van der Waals surface area contributed by atoms with Gasteiger partial charge in [-0.2, -0.15) is 0 Å². The number of aromatic nitrogens is 1. The number of rotatable bonds is 2. The molecule has 1 rings (SSSR count). The van der Waals surface area contributed by atoms with E-state index in [1.165, 1.54) is 0 Å². The highest BCUT2D eigenvalue weighted by atomic mass is 14.7. The molecule has 2 N–H and O–H groups in total. The molecule has 0 aliphatic heterocycles. The first-order valence-electron chi connectivity index (χ1n) is 3.87. The van der Waals surface area contributed by atoms with Gasteiger partial charge in [-0.1, -0.05) is 13.8 Å². The van der Waals surface area contributed by atoms with Crippen molar-refractivity contribution in [2.24, 2.45) is 11.7 Å². The van der Waals surface area contributed by atoms with E-state index >= 15 is 0 Å². The molecule has 0 bridgehead atoms. The molecule has 0 fully saturated rings. The molecule has 0 saturated carbocycles. The number of hydrogen-bond donors (Lipinski definition) is 1. The lowest BCUT2D eigenvalue weighted by Gasteiger charge is -2.14. The fourth-order valence-corrected chi connectivity index (χ4v) is 0.971. The number of nitrogens with two attached hydrogens (primary N) is 1. The summed E-state index contributed by atoms with van der Waals surface area (Å²) < 4.78 is 0. The molecule has 0 aliphatic carbocycles. The third-order valence-corrected chi connectivity index (χ3v) is 1.81. The zero-order chi connectivity index (χ0) is 8.27. The van der Waals surface area contributed by atoms with Gasteiger partial charge in [0.25, 0.3) is 0 Å². The Morgan fingerprint density at radius 2 is 1.82 bits per heavy atom. The highest BCUT2D eigenvalue weighted by Crippen LogP contribution is 2.16. The molecule has 0 aromatic carbocycles. The second kappa shape index (κ2) is 3.49. The Kier molecular flexibility index (Phi) is 2.60. The van der Waals surface area contributed by atoms with Gasteiger partial charge in [-0.15, -0.1) is 0 Å². The van der Waals surface area contributed by atoms with Crippen molar-refractivity contribution in [3.63, 3.8) is 0 Å². The third kappa shape index (κ3) is 2.02. The van der Waals surface area contributed by atoms with E-state index in [4.69, 9.17) is 5.73 Å². The Hall–Kier alpha value is -0.890. The van der Waals surface area contributed by atoms with Crippen LogP contribution in [0.4, 0.5) is 0 Å². The zero-order valence-corrected chi connectivity index (χ0v) is 6.99. The molecule has 0 aliphatic rings. The summed E-state index contributed by atoms with van der Waals surface area (Å²) in [7, 11) is 0. The van der Waals surface area contributed by atoms with E-state index in [-0.39, 0.29) is 6.04 Å². The van der Waals surface area contributed by atoms with Crippen LogP contribution in [0.25, 0.3) is 0 Å². The largest absolute Gasteiger partial charge is 0.324 e. The molecule has 0 amide bonds. The second-order valence-electron chi connectivity index (χ2n) is 3.05. The number of hydrogen-bond acceptors (Lipinski definition) is 2. The van der Waals surface area contributed by atoms with Crippen LogP contribution >= 0.6 is 0 Å². The summed E-state index contributed by atoms with van der Waals surface area (Å²) in [6.07, 6.45) is 3.55. The monoisotopic (exact) mass is 150 g/mol. The normalized spacial score (nSPS) is 13.5. The van der Waals surface area contributed by atoms with Crippen LogP contribution in [0.3, 0.4) is 0 Å². The highest BCUT2D eigenvalue weighted by Gasteiger charge is 2.08. The average molecular weight is 150 g/mol. The molecule has 2 nitrogen and oxygen atoms in total. The topological polar surface area (TPSA) is 38.9 Å². The molecule has 1 heterocycles. The lowest BCUT2D eigenvalue weighted by Crippen LogP contribution is -2.16. The van der Waals surface area contributed by atoms with Gasteiger partial charge in [-0.3, -0.25) is 4.98 Å². The van der Waals surface area contributed by atoms with Gasteiger partial charge < -0.3 is 5.73 Å². The molecule has 1 atom stereocenters. The zero-order valence-electron chi connectivity index (χ0n) is 6.99. The molecule has 0 saturated heterocycles. The van der Waals surface area contributed by atoms with E-state index < -0.39 is 0 Å². The Morgan fingerprint density at radius 1 is 1.27 bits per heavy atom. The standard InChI is InChI=1S/C9H14N2/c1-7(2)9(10)8-3-5-11-6-4-8/h3-7,9H,10H2,1-2H3/t9-/m1/s1. The van der Waals surface area contributed by atoms with Gasteiger partial charge in [0.05, 0.1) is 0 Å². The van der Waals surface area contributed by atoms with Crippen molar-refractivity contribution in [3.05, 3.63) is 30.1 Å². The maximum absolute atomic E-state index is 5.91. The minimum atomic E-state index is 0.137. The van der Waals surface area contributed by atoms with Crippen LogP contribution in [0.1, 0.15) is 25.5 Å². The average Bonchev–Trinajstić information content (AvgIpc) is 2.05. The summed E-state index contributed by atoms with van der Waals surface area (Å²) in [5, 5.41) is 0. The molecule has 0 spiro atoms. The predicted molar refractivity (Wildman–Crippen MR) is 46.0 cm³/mol. The SMILES string of the molecule is CC(C)[C@@H](N)c1ccncc1. The van der Waals surface area contributed by atoms with Crippen molar-refractivity contribution in [1.29, 1.82) is 0 Å². The minimum Gasteiger partial charge on any atom is -0.324 e. The summed E-state index contributed by atoms with van der Waals surface area (Å²) in [6.45, 7) is 4.23. The Balaban J connectivity index is 2.77. The molecular formula is C9H14N2. The summed E-state index contributed by atoms with van der Waals surface area (Å²) in [6, 6.07) is 4.06. The first-order valence-corrected chi connectivity index (χ1v) is 3.87. The molecule has 60 valence electrons. The first-order chi connectivity index (χ1) is 5.22. The van der Waals surface area contributed by atoms with Crippen molar-refractivity contribution in [1.82, 2.24) is 4.98 Å². The van der Waals surface area contributed by atoms with Crippen molar-refractivity contribution < 1.29 is 0 Å². The molecule has 0 radical (unpaired) electrons. The molecular weight excluding hydrogens is 136 g/mol. The van der Waals surface area contributed by atoms with Crippen LogP contribution < -0.4 is 5.73 Å². The third-order valence-electron chi connectivity index (χ3n) is 1.81. The first kappa shape index (κ1) is 8.21. The minimum absolute atomic E-state index is 0.137. The van der Waals surface area contributed by atoms with E-state index in [2.05, 4.69) is 18.8 Å². The fraction of sp³-hybridized carbons (Fsp3) is 0.444. The van der Waals surface area contributed by atoms with E-state index in [1.807, 2.05) is 12.1 Å². The van der Waals surface area contributed by atoms with Crippen molar-refractivity contribution in [3.8, 4) is 0 Å². The van der Waals surface area contributed by atoms with Gasteiger partial charge in [-0.25, -0.2) is 0 Å². The fourth-order valence-electron chi connectivity index (χ4n) is 0.971. The number of pyridine rings is 1. The molecule has 1 aromatic heterocycles. The summed E-state index contributed by atoms with van der Waals surface area (Å²) in [5.74, 6) is 0.484. The Labute approximate surface area is 67.5 Å². The van der Waals surface area contributed by atoms with Crippen molar-refractivity contribution in [2.75, 3.05) is 0 Å². The van der Waals surface area contributed by atoms with Crippen LogP contribution in [0.2, 0.25) is 0 Å². The van der Waals surface area contributed by atoms with Crippen LogP contribution in [-0.2, 0) is 0 Å². The molecule has 0 unspecified atom stereocenters. The van der Waals surface area contributed by atoms with Crippen LogP contribution in [0.5, 0.6) is 0 Å². The van der Waals surface area contributed by atoms with Crippen LogP contribution in [0.15, 0.2) is 24.5 Å². The van der Waals surface area contributed by atoms with Crippen LogP contribution in [-0.4, -0.2) is 4.98 Å². The van der Waals surface area contributed by atoms with Gasteiger partial charge in [0.2, 0.25) is 0 Å². The summed E-state index contributed by atoms with van der Waals surface area (Å²) in [5.41, 5.74) is 7.07.